The average Bonchev–Trinajstić information content (AvgIpc) is 0.722. The first-order chi connectivity index (χ1) is 2.00. The summed E-state index contributed by atoms with van der Waals surface area (Å²) in [6, 6.07) is 0. The van der Waals surface area contributed by atoms with Crippen LogP contribution in [0, 0.1) is 0 Å². The molecule has 0 saturated carbocycles. The van der Waals surface area contributed by atoms with E-state index in [1.165, 1.54) is 0 Å². The zero-order valence-corrected chi connectivity index (χ0v) is 8.19. The fourth-order valence-electron chi connectivity index (χ4n) is 0. The Morgan fingerprint density at radius 1 is 1.12 bits per heavy atom. The van der Waals surface area contributed by atoms with Crippen molar-refractivity contribution in [3.05, 3.63) is 0 Å². The molecule has 8 heteroatoms. The minimum Gasteiger partial charge on any atom is -2.00 e. The van der Waals surface area contributed by atoms with E-state index in [1.807, 2.05) is 0 Å². The van der Waals surface area contributed by atoms with Crippen LogP contribution in [0.2, 0.25) is 0 Å². The number of rotatable bonds is 0. The molecule has 0 aromatic rings. The summed E-state index contributed by atoms with van der Waals surface area (Å²) in [5.74, 6) is 0. The number of hydrogen-bond donors (Lipinski definition) is 0. The van der Waals surface area contributed by atoms with Gasteiger partial charge in [-0.05, 0) is 0 Å². The van der Waals surface area contributed by atoms with Crippen LogP contribution in [0.4, 0.5) is 0 Å². The van der Waals surface area contributed by atoms with Gasteiger partial charge in [0.25, 0.3) is 0 Å². The van der Waals surface area contributed by atoms with Crippen molar-refractivity contribution in [1.82, 2.24) is 0 Å². The Balaban J connectivity index is -0.0000000267. The van der Waals surface area contributed by atoms with Crippen LogP contribution in [0.5, 0.6) is 0 Å². The maximum Gasteiger partial charge on any atom is 3.00 e. The molecule has 2 radical (unpaired) electrons. The van der Waals surface area contributed by atoms with E-state index in [1.54, 1.807) is 0 Å². The third-order valence-electron chi connectivity index (χ3n) is 0. The summed E-state index contributed by atoms with van der Waals surface area (Å²) < 4.78 is 34.1. The first-order valence-corrected chi connectivity index (χ1v) is 2.00. The molecule has 8 heavy (non-hydrogen) atoms. The first-order valence-electron chi connectivity index (χ1n) is 0.667. The molecule has 0 saturated heterocycles. The smallest absolute Gasteiger partial charge is 2.00 e. The van der Waals surface area contributed by atoms with E-state index in [2.05, 4.69) is 0 Å². The van der Waals surface area contributed by atoms with E-state index in [-0.39, 0.29) is 50.5 Å². The van der Waals surface area contributed by atoms with Gasteiger partial charge in [0.05, 0.1) is 0 Å². The topological polar surface area (TPSA) is 109 Å². The Kier molecular flexibility index (Phi) is 23.7. The molecule has 0 aromatic carbocycles. The van der Waals surface area contributed by atoms with Gasteiger partial charge >= 0.3 is 45.1 Å². The van der Waals surface area contributed by atoms with Crippen LogP contribution in [0.1, 0.15) is 0 Å². The van der Waals surface area contributed by atoms with Gasteiger partial charge in [0.2, 0.25) is 0 Å². The molecule has 0 fully saturated rings. The SMILES string of the molecule is O=S(=O)([O-])[O-].[Bi+3].[Li+].[O-2]. The Bertz CT molecular complexity index is 95.6. The molecule has 0 aliphatic heterocycles. The first kappa shape index (κ1) is 22.8. The van der Waals surface area contributed by atoms with Crippen LogP contribution in [0.3, 0.4) is 0 Å². The minimum absolute atomic E-state index is 0. The number of hydrogen-bond acceptors (Lipinski definition) is 4. The molecule has 0 amide bonds. The van der Waals surface area contributed by atoms with Crippen LogP contribution in [-0.4, -0.2) is 43.7 Å². The summed E-state index contributed by atoms with van der Waals surface area (Å²) in [4.78, 5) is 0. The Morgan fingerprint density at radius 2 is 1.12 bits per heavy atom. The Hall–Kier alpha value is 1.31. The van der Waals surface area contributed by atoms with E-state index < -0.39 is 10.4 Å². The molecular formula is BiLiO5S. The minimum atomic E-state index is -5.17. The van der Waals surface area contributed by atoms with E-state index >= 15 is 0 Å². The van der Waals surface area contributed by atoms with E-state index in [0.29, 0.717) is 0 Å². The molecule has 0 unspecified atom stereocenters. The summed E-state index contributed by atoms with van der Waals surface area (Å²) in [5.41, 5.74) is 0. The van der Waals surface area contributed by atoms with Gasteiger partial charge in [-0.1, -0.05) is 0 Å². The van der Waals surface area contributed by atoms with E-state index in [0.717, 1.165) is 0 Å². The van der Waals surface area contributed by atoms with Gasteiger partial charge in [0.15, 0.2) is 0 Å². The average molecular weight is 328 g/mol. The van der Waals surface area contributed by atoms with E-state index in [9.17, 15) is 0 Å². The molecule has 5 nitrogen and oxygen atoms in total. The van der Waals surface area contributed by atoms with Crippen molar-refractivity contribution in [3.8, 4) is 0 Å². The van der Waals surface area contributed by atoms with Crippen molar-refractivity contribution in [3.63, 3.8) is 0 Å². The normalized spacial score (nSPS) is 7.25. The second-order valence-electron chi connectivity index (χ2n) is 0.408. The van der Waals surface area contributed by atoms with Crippen LogP contribution in [-0.2, 0) is 15.9 Å². The third-order valence-corrected chi connectivity index (χ3v) is 0. The molecule has 0 heterocycles. The van der Waals surface area contributed by atoms with Crippen molar-refractivity contribution in [2.24, 2.45) is 0 Å². The fourth-order valence-corrected chi connectivity index (χ4v) is 0. The van der Waals surface area contributed by atoms with Crippen LogP contribution in [0.15, 0.2) is 0 Å². The van der Waals surface area contributed by atoms with Gasteiger partial charge in [-0.15, -0.1) is 0 Å². The second kappa shape index (κ2) is 8.31. The third kappa shape index (κ3) is 170. The van der Waals surface area contributed by atoms with Gasteiger partial charge in [0, 0.05) is 10.4 Å². The molecule has 42 valence electrons. The molecule has 0 bridgehead atoms. The Labute approximate surface area is 78.0 Å². The largest absolute Gasteiger partial charge is 3.00 e. The quantitative estimate of drug-likeness (QED) is 0.252. The molecule has 0 aliphatic rings. The van der Waals surface area contributed by atoms with Crippen molar-refractivity contribution in [1.29, 1.82) is 0 Å². The summed E-state index contributed by atoms with van der Waals surface area (Å²) in [6.45, 7) is 0. The van der Waals surface area contributed by atoms with Gasteiger partial charge in [0.1, 0.15) is 0 Å². The van der Waals surface area contributed by atoms with E-state index in [4.69, 9.17) is 17.5 Å². The van der Waals surface area contributed by atoms with Crippen molar-refractivity contribution >= 4 is 36.6 Å². The van der Waals surface area contributed by atoms with Gasteiger partial charge in [-0.2, -0.15) is 0 Å². The van der Waals surface area contributed by atoms with Gasteiger partial charge in [-0.3, -0.25) is 8.42 Å². The zero-order chi connectivity index (χ0) is 4.50. The van der Waals surface area contributed by atoms with Crippen molar-refractivity contribution < 1.29 is 41.9 Å². The Morgan fingerprint density at radius 3 is 1.12 bits per heavy atom. The van der Waals surface area contributed by atoms with Crippen molar-refractivity contribution in [2.75, 3.05) is 0 Å². The van der Waals surface area contributed by atoms with Gasteiger partial charge < -0.3 is 14.6 Å². The predicted molar refractivity (Wildman–Crippen MR) is 16.9 cm³/mol. The van der Waals surface area contributed by atoms with Crippen molar-refractivity contribution in [2.45, 2.75) is 0 Å². The molecular weight excluding hydrogens is 328 g/mol. The summed E-state index contributed by atoms with van der Waals surface area (Å²) in [5, 5.41) is 0. The van der Waals surface area contributed by atoms with Crippen LogP contribution in [0.25, 0.3) is 0 Å². The zero-order valence-electron chi connectivity index (χ0n) is 3.90. The van der Waals surface area contributed by atoms with Crippen LogP contribution < -0.4 is 18.9 Å². The summed E-state index contributed by atoms with van der Waals surface area (Å²) in [6.07, 6.45) is 0. The monoisotopic (exact) mass is 328 g/mol. The molecule has 0 spiro atoms. The fraction of sp³-hybridized carbons (Fsp3) is 0. The molecule has 0 N–H and O–H groups in total. The molecule has 0 aromatic heterocycles. The molecule has 0 atom stereocenters. The predicted octanol–water partition coefficient (Wildman–Crippen LogP) is -4.83. The molecule has 0 aliphatic carbocycles. The van der Waals surface area contributed by atoms with Gasteiger partial charge in [-0.25, -0.2) is 0 Å². The maximum absolute atomic E-state index is 8.52. The van der Waals surface area contributed by atoms with Crippen LogP contribution >= 0.6 is 0 Å². The maximum atomic E-state index is 8.52. The summed E-state index contributed by atoms with van der Waals surface area (Å²) >= 11 is 0. The molecule has 0 rings (SSSR count). The summed E-state index contributed by atoms with van der Waals surface area (Å²) in [7, 11) is -5.17. The standard InChI is InChI=1S/Bi.Li.H2O4S.O/c;;1-5(2,3)4;/h;;(H2,1,2,3,4);/q+3;+1;;-2/p-2. The second-order valence-corrected chi connectivity index (χ2v) is 1.22.